The van der Waals surface area contributed by atoms with Gasteiger partial charge in [0.05, 0.1) is 39.1 Å². The molecule has 0 aliphatic heterocycles. The predicted molar refractivity (Wildman–Crippen MR) is 131 cm³/mol. The molecule has 37 heavy (non-hydrogen) atoms. The Labute approximate surface area is 212 Å². The number of hydrogen-bond acceptors (Lipinski definition) is 12. The van der Waals surface area contributed by atoms with Gasteiger partial charge >= 0.3 is 0 Å². The van der Waals surface area contributed by atoms with Gasteiger partial charge in [0.2, 0.25) is 36.5 Å². The Morgan fingerprint density at radius 3 is 1.19 bits per heavy atom. The van der Waals surface area contributed by atoms with Crippen LogP contribution >= 0.6 is 11.6 Å². The summed E-state index contributed by atoms with van der Waals surface area (Å²) in [5, 5.41) is 0.299. The molecule has 3 rings (SSSR count). The van der Waals surface area contributed by atoms with Gasteiger partial charge in [0.25, 0.3) is 0 Å². The zero-order valence-electron chi connectivity index (χ0n) is 18.4. The third kappa shape index (κ3) is 11.8. The molecule has 0 heterocycles. The van der Waals surface area contributed by atoms with E-state index in [0.717, 1.165) is 0 Å². The number of halogens is 1. The summed E-state index contributed by atoms with van der Waals surface area (Å²) in [6, 6.07) is 16.9. The Hall–Kier alpha value is -5.77. The first-order valence-electron chi connectivity index (χ1n) is 9.48. The first-order chi connectivity index (χ1) is 18.0. The number of carbonyl (C=O) groups excluding carboxylic acids is 6. The highest BCUT2D eigenvalue weighted by Crippen LogP contribution is 2.28. The smallest absolute Gasteiger partial charge is 0.211 e. The van der Waals surface area contributed by atoms with Crippen molar-refractivity contribution in [1.82, 2.24) is 0 Å². The van der Waals surface area contributed by atoms with E-state index < -0.39 is 0 Å². The Kier molecular flexibility index (Phi) is 14.0. The minimum absolute atomic E-state index is 0.230. The Bertz CT molecular complexity index is 1450. The molecule has 0 unspecified atom stereocenters. The van der Waals surface area contributed by atoms with Crippen LogP contribution in [0.2, 0.25) is 5.02 Å². The van der Waals surface area contributed by atoms with E-state index in [-0.39, 0.29) is 5.69 Å². The molecule has 0 aliphatic rings. The second kappa shape index (κ2) is 17.7. The van der Waals surface area contributed by atoms with Gasteiger partial charge in [-0.25, -0.2) is 28.8 Å². The minimum Gasteiger partial charge on any atom is -0.211 e. The van der Waals surface area contributed by atoms with Crippen molar-refractivity contribution in [1.29, 1.82) is 0 Å². The van der Waals surface area contributed by atoms with Crippen LogP contribution in [-0.4, -0.2) is 36.5 Å². The van der Waals surface area contributed by atoms with Gasteiger partial charge in [0.15, 0.2) is 0 Å². The number of hydrogen-bond donors (Lipinski definition) is 0. The summed E-state index contributed by atoms with van der Waals surface area (Å²) >= 11 is 5.66. The standard InChI is InChI=1S/C8H3ClN2O2.2C8H4N2O2/c9-7-2-1-6(10-4-12)3-8(7)11-5-13;11-5-9-7-1-2-8(4-3-7)10-6-12;11-5-9-7-2-1-3-8(4-7)10-6-12/h1-3H;2*1-4H. The average Bonchev–Trinajstić information content (AvgIpc) is 2.89. The van der Waals surface area contributed by atoms with Gasteiger partial charge in [-0.15, -0.1) is 0 Å². The van der Waals surface area contributed by atoms with Crippen LogP contribution in [-0.2, 0) is 28.8 Å². The second-order valence-electron chi connectivity index (χ2n) is 5.89. The fourth-order valence-corrected chi connectivity index (χ4v) is 2.36. The highest BCUT2D eigenvalue weighted by molar-refractivity contribution is 6.33. The van der Waals surface area contributed by atoms with Crippen LogP contribution in [0.5, 0.6) is 0 Å². The summed E-state index contributed by atoms with van der Waals surface area (Å²) in [5.41, 5.74) is 2.37. The average molecular weight is 515 g/mol. The minimum atomic E-state index is 0.230. The summed E-state index contributed by atoms with van der Waals surface area (Å²) in [6.07, 6.45) is 8.29. The number of rotatable bonds is 6. The molecular weight excluding hydrogens is 504 g/mol. The summed E-state index contributed by atoms with van der Waals surface area (Å²) in [7, 11) is 0. The zero-order chi connectivity index (χ0) is 27.3. The van der Waals surface area contributed by atoms with Crippen molar-refractivity contribution in [2.24, 2.45) is 30.0 Å². The molecule has 0 aromatic heterocycles. The number of benzene rings is 3. The summed E-state index contributed by atoms with van der Waals surface area (Å²) in [4.78, 5) is 79.2. The lowest BCUT2D eigenvalue weighted by atomic mass is 10.3. The fraction of sp³-hybridized carbons (Fsp3) is 0. The van der Waals surface area contributed by atoms with E-state index in [9.17, 15) is 28.8 Å². The molecule has 0 fully saturated rings. The van der Waals surface area contributed by atoms with E-state index in [2.05, 4.69) is 30.0 Å². The lowest BCUT2D eigenvalue weighted by Crippen LogP contribution is -1.68. The van der Waals surface area contributed by atoms with Gasteiger partial charge in [-0.2, -0.15) is 30.0 Å². The predicted octanol–water partition coefficient (Wildman–Crippen LogP) is 5.52. The molecule has 0 amide bonds. The first-order valence-corrected chi connectivity index (χ1v) is 9.86. The van der Waals surface area contributed by atoms with Gasteiger partial charge in [-0.05, 0) is 60.7 Å². The maximum Gasteiger partial charge on any atom is 0.240 e. The first kappa shape index (κ1) is 29.3. The lowest BCUT2D eigenvalue weighted by Gasteiger charge is -1.95. The molecular formula is C24H11ClN6O6. The normalized spacial score (nSPS) is 8.14. The summed E-state index contributed by atoms with van der Waals surface area (Å²) in [6.45, 7) is 0. The van der Waals surface area contributed by atoms with E-state index in [0.29, 0.717) is 33.5 Å². The maximum atomic E-state index is 9.94. The fourth-order valence-electron chi connectivity index (χ4n) is 2.20. The van der Waals surface area contributed by atoms with Crippen molar-refractivity contribution in [3.05, 3.63) is 71.8 Å². The number of nitrogens with zero attached hydrogens (tertiary/aromatic N) is 6. The Morgan fingerprint density at radius 2 is 0.784 bits per heavy atom. The van der Waals surface area contributed by atoms with Crippen LogP contribution in [0.4, 0.5) is 34.1 Å². The van der Waals surface area contributed by atoms with E-state index in [1.807, 2.05) is 0 Å². The van der Waals surface area contributed by atoms with Crippen LogP contribution in [0, 0.1) is 0 Å². The van der Waals surface area contributed by atoms with Crippen molar-refractivity contribution in [3.8, 4) is 0 Å². The highest BCUT2D eigenvalue weighted by atomic mass is 35.5. The molecule has 180 valence electrons. The monoisotopic (exact) mass is 514 g/mol. The van der Waals surface area contributed by atoms with E-state index in [4.69, 9.17) is 11.6 Å². The van der Waals surface area contributed by atoms with Crippen LogP contribution in [0.3, 0.4) is 0 Å². The van der Waals surface area contributed by atoms with E-state index in [1.54, 1.807) is 42.5 Å². The van der Waals surface area contributed by atoms with Crippen molar-refractivity contribution in [2.45, 2.75) is 0 Å². The molecule has 0 saturated carbocycles. The largest absolute Gasteiger partial charge is 0.240 e. The Balaban J connectivity index is 0.000000278. The third-order valence-corrected chi connectivity index (χ3v) is 3.97. The van der Waals surface area contributed by atoms with Crippen molar-refractivity contribution in [2.75, 3.05) is 0 Å². The topological polar surface area (TPSA) is 177 Å². The molecule has 0 atom stereocenters. The number of aliphatic imine (C=N–C) groups is 6. The quantitative estimate of drug-likeness (QED) is 0.309. The van der Waals surface area contributed by atoms with Crippen molar-refractivity contribution < 1.29 is 28.8 Å². The molecule has 0 spiro atoms. The molecule has 0 N–H and O–H groups in total. The molecule has 0 aliphatic carbocycles. The van der Waals surface area contributed by atoms with Gasteiger partial charge in [0.1, 0.15) is 0 Å². The van der Waals surface area contributed by atoms with Crippen LogP contribution < -0.4 is 0 Å². The Morgan fingerprint density at radius 1 is 0.432 bits per heavy atom. The number of isocyanates is 6. The molecule has 3 aromatic rings. The summed E-state index contributed by atoms with van der Waals surface area (Å²) < 4.78 is 0. The molecule has 0 bridgehead atoms. The zero-order valence-corrected chi connectivity index (χ0v) is 19.1. The van der Waals surface area contributed by atoms with Gasteiger partial charge in [0, 0.05) is 0 Å². The van der Waals surface area contributed by atoms with Crippen LogP contribution in [0.25, 0.3) is 0 Å². The molecule has 0 saturated heterocycles. The van der Waals surface area contributed by atoms with Crippen LogP contribution in [0.1, 0.15) is 0 Å². The van der Waals surface area contributed by atoms with E-state index >= 15 is 0 Å². The highest BCUT2D eigenvalue weighted by Gasteiger charge is 1.99. The van der Waals surface area contributed by atoms with Crippen molar-refractivity contribution >= 4 is 82.2 Å². The maximum absolute atomic E-state index is 9.94. The van der Waals surface area contributed by atoms with E-state index in [1.165, 1.54) is 60.7 Å². The van der Waals surface area contributed by atoms with Crippen LogP contribution in [0.15, 0.2) is 96.7 Å². The lowest BCUT2D eigenvalue weighted by molar-refractivity contribution is 0.564. The SMILES string of the molecule is O=C=Nc1ccc(Cl)c(N=C=O)c1.O=C=Nc1ccc(N=C=O)cc1.O=C=Nc1cccc(N=C=O)c1. The second-order valence-corrected chi connectivity index (χ2v) is 6.30. The summed E-state index contributed by atoms with van der Waals surface area (Å²) in [5.74, 6) is 0. The van der Waals surface area contributed by atoms with Crippen molar-refractivity contribution in [3.63, 3.8) is 0 Å². The third-order valence-electron chi connectivity index (χ3n) is 3.65. The molecule has 0 radical (unpaired) electrons. The molecule has 3 aromatic carbocycles. The molecule has 13 heteroatoms. The molecule has 12 nitrogen and oxygen atoms in total. The van der Waals surface area contributed by atoms with Gasteiger partial charge in [-0.1, -0.05) is 17.7 Å². The van der Waals surface area contributed by atoms with Gasteiger partial charge < -0.3 is 0 Å². The van der Waals surface area contributed by atoms with Gasteiger partial charge in [-0.3, -0.25) is 0 Å².